The molecule has 2 aliphatic rings. The van der Waals surface area contributed by atoms with Crippen molar-refractivity contribution >= 4 is 41.4 Å². The summed E-state index contributed by atoms with van der Waals surface area (Å²) in [7, 11) is 0. The summed E-state index contributed by atoms with van der Waals surface area (Å²) in [6, 6.07) is 4.47. The number of benzene rings is 1. The maximum atomic E-state index is 6.22. The molecule has 0 bridgehead atoms. The molecule has 0 saturated heterocycles. The van der Waals surface area contributed by atoms with Crippen molar-refractivity contribution in [2.24, 2.45) is 5.73 Å². The van der Waals surface area contributed by atoms with Crippen LogP contribution in [0.25, 0.3) is 5.76 Å². The van der Waals surface area contributed by atoms with Crippen molar-refractivity contribution in [2.45, 2.75) is 45.2 Å². The van der Waals surface area contributed by atoms with Gasteiger partial charge in [0.15, 0.2) is 0 Å². The zero-order valence-corrected chi connectivity index (χ0v) is 15.6. The Balaban J connectivity index is 0.00000192. The van der Waals surface area contributed by atoms with Gasteiger partial charge in [0.25, 0.3) is 0 Å². The predicted molar refractivity (Wildman–Crippen MR) is 99.1 cm³/mol. The van der Waals surface area contributed by atoms with Crippen LogP contribution in [0.2, 0.25) is 10.0 Å². The summed E-state index contributed by atoms with van der Waals surface area (Å²) in [5, 5.41) is 1.16. The second-order valence-corrected chi connectivity index (χ2v) is 6.78. The zero-order chi connectivity index (χ0) is 15.7. The third-order valence-corrected chi connectivity index (χ3v) is 4.99. The summed E-state index contributed by atoms with van der Waals surface area (Å²) >= 11 is 12.4. The molecule has 0 unspecified atom stereocenters. The molecule has 3 rings (SSSR count). The van der Waals surface area contributed by atoms with E-state index in [-0.39, 0.29) is 12.4 Å². The van der Waals surface area contributed by atoms with Crippen molar-refractivity contribution in [2.75, 3.05) is 13.2 Å². The first-order valence-electron chi connectivity index (χ1n) is 7.96. The molecule has 3 nitrogen and oxygen atoms in total. The molecule has 1 fully saturated rings. The summed E-state index contributed by atoms with van der Waals surface area (Å²) in [5.41, 5.74) is 9.36. The first kappa shape index (κ1) is 18.7. The van der Waals surface area contributed by atoms with Crippen molar-refractivity contribution in [3.63, 3.8) is 0 Å². The van der Waals surface area contributed by atoms with Gasteiger partial charge in [-0.25, -0.2) is 0 Å². The van der Waals surface area contributed by atoms with Crippen LogP contribution in [0.4, 0.5) is 0 Å². The molecule has 0 spiro atoms. The molecular weight excluding hydrogens is 355 g/mol. The highest BCUT2D eigenvalue weighted by atomic mass is 35.5. The second-order valence-electron chi connectivity index (χ2n) is 5.96. The van der Waals surface area contributed by atoms with Gasteiger partial charge in [0.2, 0.25) is 0 Å². The molecule has 0 atom stereocenters. The SMILES string of the molecule is CCCCOC1=C(CN)N(C2CC2)Cc2cc(Cl)c(Cl)cc21.Cl. The molecule has 23 heavy (non-hydrogen) atoms. The van der Waals surface area contributed by atoms with E-state index in [9.17, 15) is 0 Å². The molecule has 1 aliphatic heterocycles. The molecule has 1 aliphatic carbocycles. The summed E-state index contributed by atoms with van der Waals surface area (Å²) < 4.78 is 6.11. The summed E-state index contributed by atoms with van der Waals surface area (Å²) in [6.07, 6.45) is 4.58. The highest BCUT2D eigenvalue weighted by molar-refractivity contribution is 6.42. The van der Waals surface area contributed by atoms with Crippen LogP contribution in [-0.4, -0.2) is 24.1 Å². The third-order valence-electron chi connectivity index (χ3n) is 4.27. The monoisotopic (exact) mass is 376 g/mol. The minimum Gasteiger partial charge on any atom is -0.491 e. The van der Waals surface area contributed by atoms with Crippen LogP contribution in [0.15, 0.2) is 17.8 Å². The standard InChI is InChI=1S/C17H22Cl2N2O.ClH/c1-2-3-6-22-17-13-8-15(19)14(18)7-11(13)10-21(12-4-5-12)16(17)9-20;/h7-8,12H,2-6,9-10,20H2,1H3;1H. The smallest absolute Gasteiger partial charge is 0.147 e. The Labute approximate surface area is 154 Å². The Bertz CT molecular complexity index is 600. The lowest BCUT2D eigenvalue weighted by molar-refractivity contribution is 0.238. The minimum absolute atomic E-state index is 0. The van der Waals surface area contributed by atoms with Gasteiger partial charge in [-0.2, -0.15) is 0 Å². The zero-order valence-electron chi connectivity index (χ0n) is 13.3. The van der Waals surface area contributed by atoms with Crippen LogP contribution in [-0.2, 0) is 11.3 Å². The van der Waals surface area contributed by atoms with Gasteiger partial charge >= 0.3 is 0 Å². The first-order valence-corrected chi connectivity index (χ1v) is 8.72. The number of hydrogen-bond donors (Lipinski definition) is 1. The number of nitrogens with zero attached hydrogens (tertiary/aromatic N) is 1. The number of halogens is 3. The van der Waals surface area contributed by atoms with Crippen molar-refractivity contribution in [3.05, 3.63) is 39.0 Å². The summed E-state index contributed by atoms with van der Waals surface area (Å²) in [5.74, 6) is 0.891. The Morgan fingerprint density at radius 3 is 2.57 bits per heavy atom. The number of fused-ring (bicyclic) bond motifs is 1. The van der Waals surface area contributed by atoms with E-state index in [0.717, 1.165) is 36.4 Å². The van der Waals surface area contributed by atoms with Gasteiger partial charge < -0.3 is 15.4 Å². The highest BCUT2D eigenvalue weighted by Crippen LogP contribution is 2.41. The fourth-order valence-electron chi connectivity index (χ4n) is 2.92. The van der Waals surface area contributed by atoms with Crippen molar-refractivity contribution in [1.29, 1.82) is 0 Å². The molecule has 1 aromatic rings. The van der Waals surface area contributed by atoms with E-state index in [0.29, 0.717) is 29.2 Å². The summed E-state index contributed by atoms with van der Waals surface area (Å²) in [6.45, 7) is 4.18. The molecule has 0 aromatic heterocycles. The lowest BCUT2D eigenvalue weighted by Crippen LogP contribution is -2.34. The van der Waals surface area contributed by atoms with Crippen LogP contribution in [0.3, 0.4) is 0 Å². The van der Waals surface area contributed by atoms with Crippen molar-refractivity contribution in [3.8, 4) is 0 Å². The quantitative estimate of drug-likeness (QED) is 0.721. The lowest BCUT2D eigenvalue weighted by atomic mass is 9.99. The average molecular weight is 378 g/mol. The number of rotatable bonds is 6. The Hall–Kier alpha value is -0.610. The molecule has 1 saturated carbocycles. The molecule has 1 heterocycles. The van der Waals surface area contributed by atoms with Crippen molar-refractivity contribution < 1.29 is 4.74 Å². The van der Waals surface area contributed by atoms with E-state index in [4.69, 9.17) is 33.7 Å². The van der Waals surface area contributed by atoms with E-state index < -0.39 is 0 Å². The van der Waals surface area contributed by atoms with E-state index in [1.165, 1.54) is 18.4 Å². The maximum absolute atomic E-state index is 6.22. The van der Waals surface area contributed by atoms with Crippen molar-refractivity contribution in [1.82, 2.24) is 4.90 Å². The highest BCUT2D eigenvalue weighted by Gasteiger charge is 2.35. The fourth-order valence-corrected chi connectivity index (χ4v) is 3.27. The van der Waals surface area contributed by atoms with Crippen LogP contribution < -0.4 is 5.73 Å². The van der Waals surface area contributed by atoms with E-state index in [1.54, 1.807) is 0 Å². The van der Waals surface area contributed by atoms with E-state index in [1.807, 2.05) is 12.1 Å². The van der Waals surface area contributed by atoms with Gasteiger partial charge in [0.1, 0.15) is 5.76 Å². The van der Waals surface area contributed by atoms with Crippen LogP contribution in [0, 0.1) is 0 Å². The Morgan fingerprint density at radius 1 is 1.26 bits per heavy atom. The normalized spacial score (nSPS) is 17.0. The van der Waals surface area contributed by atoms with Crippen LogP contribution >= 0.6 is 35.6 Å². The summed E-state index contributed by atoms with van der Waals surface area (Å²) in [4.78, 5) is 2.38. The van der Waals surface area contributed by atoms with Crippen LogP contribution in [0.1, 0.15) is 43.7 Å². The molecule has 0 radical (unpaired) electrons. The van der Waals surface area contributed by atoms with E-state index >= 15 is 0 Å². The van der Waals surface area contributed by atoms with Gasteiger partial charge in [-0.05, 0) is 37.0 Å². The topological polar surface area (TPSA) is 38.5 Å². The molecule has 1 aromatic carbocycles. The lowest BCUT2D eigenvalue weighted by Gasteiger charge is -2.35. The van der Waals surface area contributed by atoms with Gasteiger partial charge in [-0.1, -0.05) is 36.5 Å². The van der Waals surface area contributed by atoms with Gasteiger partial charge in [-0.15, -0.1) is 12.4 Å². The molecule has 6 heteroatoms. The third kappa shape index (κ3) is 3.90. The Morgan fingerprint density at radius 2 is 1.96 bits per heavy atom. The fraction of sp³-hybridized carbons (Fsp3) is 0.529. The number of hydrogen-bond acceptors (Lipinski definition) is 3. The molecular formula is C17H23Cl3N2O. The first-order chi connectivity index (χ1) is 10.7. The van der Waals surface area contributed by atoms with Gasteiger partial charge in [0.05, 0.1) is 22.3 Å². The second kappa shape index (κ2) is 7.98. The molecule has 128 valence electrons. The largest absolute Gasteiger partial charge is 0.491 e. The van der Waals surface area contributed by atoms with Gasteiger partial charge in [0, 0.05) is 24.7 Å². The number of ether oxygens (including phenoxy) is 1. The number of unbranched alkanes of at least 4 members (excludes halogenated alkanes) is 1. The van der Waals surface area contributed by atoms with Gasteiger partial charge in [-0.3, -0.25) is 0 Å². The van der Waals surface area contributed by atoms with Crippen LogP contribution in [0.5, 0.6) is 0 Å². The Kier molecular flexibility index (Phi) is 6.49. The minimum atomic E-state index is 0. The number of nitrogens with two attached hydrogens (primary N) is 1. The van der Waals surface area contributed by atoms with E-state index in [2.05, 4.69) is 11.8 Å². The molecule has 2 N–H and O–H groups in total. The predicted octanol–water partition coefficient (Wildman–Crippen LogP) is 4.84. The average Bonchev–Trinajstić information content (AvgIpc) is 3.33. The maximum Gasteiger partial charge on any atom is 0.147 e. The molecule has 0 amide bonds.